The van der Waals surface area contributed by atoms with Gasteiger partial charge in [-0.2, -0.15) is 0 Å². The number of carbonyl (C=O) groups excluding carboxylic acids is 1. The number of carbonyl (C=O) groups is 1. The van der Waals surface area contributed by atoms with Gasteiger partial charge in [0.2, 0.25) is 0 Å². The van der Waals surface area contributed by atoms with Crippen molar-refractivity contribution in [2.75, 3.05) is 19.8 Å². The van der Waals surface area contributed by atoms with Crippen molar-refractivity contribution in [3.63, 3.8) is 0 Å². The molecule has 0 atom stereocenters. The van der Waals surface area contributed by atoms with Gasteiger partial charge < -0.3 is 9.47 Å². The zero-order valence-electron chi connectivity index (χ0n) is 12.9. The van der Waals surface area contributed by atoms with E-state index in [4.69, 9.17) is 9.47 Å². The van der Waals surface area contributed by atoms with Crippen molar-refractivity contribution in [1.82, 2.24) is 0 Å². The van der Waals surface area contributed by atoms with E-state index in [1.54, 1.807) is 0 Å². The fourth-order valence-corrected chi connectivity index (χ4v) is 1.96. The van der Waals surface area contributed by atoms with E-state index in [9.17, 15) is 4.79 Å². The highest BCUT2D eigenvalue weighted by molar-refractivity contribution is 5.69. The Bertz CT molecular complexity index is 192. The van der Waals surface area contributed by atoms with Crippen LogP contribution >= 0.6 is 0 Å². The first-order valence-electron chi connectivity index (χ1n) is 8.04. The minimum absolute atomic E-state index is 0.0809. The summed E-state index contributed by atoms with van der Waals surface area (Å²) in [6, 6.07) is 0. The zero-order valence-corrected chi connectivity index (χ0v) is 12.9. The van der Waals surface area contributed by atoms with Gasteiger partial charge in [0.1, 0.15) is 0 Å². The van der Waals surface area contributed by atoms with Crippen LogP contribution in [0.1, 0.15) is 78.1 Å². The Morgan fingerprint density at radius 1 is 0.789 bits per heavy atom. The molecule has 0 amide bonds. The molecule has 0 aliphatic rings. The van der Waals surface area contributed by atoms with Gasteiger partial charge in [-0.1, -0.05) is 51.9 Å². The van der Waals surface area contributed by atoms with E-state index in [2.05, 4.69) is 6.92 Å². The maximum atomic E-state index is 11.3. The Morgan fingerprint density at radius 3 is 2.05 bits per heavy atom. The maximum absolute atomic E-state index is 11.3. The summed E-state index contributed by atoms with van der Waals surface area (Å²) in [7, 11) is 0. The lowest BCUT2D eigenvalue weighted by atomic mass is 10.1. The number of unbranched alkanes of at least 4 members (excludes halogenated alkanes) is 7. The fourth-order valence-electron chi connectivity index (χ4n) is 1.96. The van der Waals surface area contributed by atoms with E-state index in [-0.39, 0.29) is 5.97 Å². The molecule has 0 saturated carbocycles. The molecule has 0 rings (SSSR count). The largest absolute Gasteiger partial charge is 0.466 e. The molecule has 0 aromatic heterocycles. The van der Waals surface area contributed by atoms with Crippen molar-refractivity contribution in [1.29, 1.82) is 0 Å². The van der Waals surface area contributed by atoms with Crippen LogP contribution in [0.4, 0.5) is 0 Å². The minimum atomic E-state index is -0.0809. The summed E-state index contributed by atoms with van der Waals surface area (Å²) < 4.78 is 10.3. The molecule has 19 heavy (non-hydrogen) atoms. The van der Waals surface area contributed by atoms with Gasteiger partial charge in [-0.05, 0) is 19.8 Å². The molecule has 0 aliphatic heterocycles. The molecule has 0 radical (unpaired) electrons. The average Bonchev–Trinajstić information content (AvgIpc) is 2.42. The van der Waals surface area contributed by atoms with Crippen LogP contribution < -0.4 is 0 Å². The van der Waals surface area contributed by atoms with Crippen molar-refractivity contribution >= 4 is 5.97 Å². The van der Waals surface area contributed by atoms with Gasteiger partial charge in [-0.3, -0.25) is 4.79 Å². The molecule has 3 nitrogen and oxygen atoms in total. The fraction of sp³-hybridized carbons (Fsp3) is 0.938. The van der Waals surface area contributed by atoms with Gasteiger partial charge in [0.05, 0.1) is 6.61 Å². The second kappa shape index (κ2) is 15.5. The summed E-state index contributed by atoms with van der Waals surface area (Å²) in [5.41, 5.74) is 0. The van der Waals surface area contributed by atoms with Crippen LogP contribution in [0.3, 0.4) is 0 Å². The van der Waals surface area contributed by atoms with Crippen LogP contribution in [-0.4, -0.2) is 25.8 Å². The van der Waals surface area contributed by atoms with Crippen LogP contribution in [0, 0.1) is 0 Å². The lowest BCUT2D eigenvalue weighted by molar-refractivity contribution is -0.144. The molecule has 0 aromatic rings. The van der Waals surface area contributed by atoms with Crippen LogP contribution in [-0.2, 0) is 14.3 Å². The van der Waals surface area contributed by atoms with Gasteiger partial charge in [0.15, 0.2) is 0 Å². The van der Waals surface area contributed by atoms with E-state index in [0.29, 0.717) is 26.2 Å². The van der Waals surface area contributed by atoms with Crippen molar-refractivity contribution in [3.05, 3.63) is 0 Å². The highest BCUT2D eigenvalue weighted by Crippen LogP contribution is 2.08. The number of ether oxygens (including phenoxy) is 2. The second-order valence-corrected chi connectivity index (χ2v) is 5.00. The summed E-state index contributed by atoms with van der Waals surface area (Å²) in [4.78, 5) is 11.3. The Kier molecular flexibility index (Phi) is 15.0. The number of hydrogen-bond donors (Lipinski definition) is 0. The molecule has 0 saturated heterocycles. The molecule has 0 unspecified atom stereocenters. The number of hydrogen-bond acceptors (Lipinski definition) is 3. The molecule has 0 fully saturated rings. The van der Waals surface area contributed by atoms with Crippen LogP contribution in [0.5, 0.6) is 0 Å². The molecular weight excluding hydrogens is 240 g/mol. The predicted octanol–water partition coefficient (Wildman–Crippen LogP) is 4.49. The summed E-state index contributed by atoms with van der Waals surface area (Å²) in [5.74, 6) is -0.0809. The molecule has 0 bridgehead atoms. The Balaban J connectivity index is 3.10. The average molecular weight is 272 g/mol. The predicted molar refractivity (Wildman–Crippen MR) is 79.3 cm³/mol. The highest BCUT2D eigenvalue weighted by atomic mass is 16.5. The normalized spacial score (nSPS) is 10.6. The van der Waals surface area contributed by atoms with Crippen LogP contribution in [0.25, 0.3) is 0 Å². The third kappa shape index (κ3) is 15.4. The van der Waals surface area contributed by atoms with Gasteiger partial charge in [0.25, 0.3) is 0 Å². The Hall–Kier alpha value is -0.570. The second-order valence-electron chi connectivity index (χ2n) is 5.00. The van der Waals surface area contributed by atoms with Crippen molar-refractivity contribution < 1.29 is 14.3 Å². The summed E-state index contributed by atoms with van der Waals surface area (Å²) in [6.07, 6.45) is 11.4. The number of rotatable bonds is 14. The molecule has 0 aliphatic carbocycles. The van der Waals surface area contributed by atoms with Gasteiger partial charge in [-0.15, -0.1) is 0 Å². The molecule has 0 spiro atoms. The molecule has 0 heterocycles. The summed E-state index contributed by atoms with van der Waals surface area (Å²) >= 11 is 0. The van der Waals surface area contributed by atoms with Crippen LogP contribution in [0.2, 0.25) is 0 Å². The lowest BCUT2D eigenvalue weighted by Crippen LogP contribution is -2.07. The quantitative estimate of drug-likeness (QED) is 0.345. The molecule has 3 heteroatoms. The van der Waals surface area contributed by atoms with Gasteiger partial charge in [-0.25, -0.2) is 0 Å². The molecule has 114 valence electrons. The molecular formula is C16H32O3. The smallest absolute Gasteiger partial charge is 0.305 e. The van der Waals surface area contributed by atoms with E-state index >= 15 is 0 Å². The van der Waals surface area contributed by atoms with E-state index in [0.717, 1.165) is 12.8 Å². The first-order valence-corrected chi connectivity index (χ1v) is 8.04. The monoisotopic (exact) mass is 272 g/mol. The van der Waals surface area contributed by atoms with Crippen molar-refractivity contribution in [2.24, 2.45) is 0 Å². The topological polar surface area (TPSA) is 35.5 Å². The molecule has 0 aromatic carbocycles. The number of esters is 1. The van der Waals surface area contributed by atoms with Crippen LogP contribution in [0.15, 0.2) is 0 Å². The van der Waals surface area contributed by atoms with Gasteiger partial charge >= 0.3 is 5.97 Å². The van der Waals surface area contributed by atoms with Crippen molar-refractivity contribution in [3.8, 4) is 0 Å². The Labute approximate surface area is 119 Å². The third-order valence-corrected chi connectivity index (χ3v) is 3.13. The van der Waals surface area contributed by atoms with Crippen molar-refractivity contribution in [2.45, 2.75) is 78.1 Å². The first kappa shape index (κ1) is 18.4. The lowest BCUT2D eigenvalue weighted by Gasteiger charge is -2.05. The van der Waals surface area contributed by atoms with E-state index in [1.807, 2.05) is 6.92 Å². The van der Waals surface area contributed by atoms with E-state index in [1.165, 1.54) is 44.9 Å². The Morgan fingerprint density at radius 2 is 1.42 bits per heavy atom. The SMILES string of the molecule is CCCCCCCCCCOC(=O)CCCOCC. The summed E-state index contributed by atoms with van der Waals surface area (Å²) in [5, 5.41) is 0. The summed E-state index contributed by atoms with van der Waals surface area (Å²) in [6.45, 7) is 6.16. The maximum Gasteiger partial charge on any atom is 0.305 e. The first-order chi connectivity index (χ1) is 9.31. The minimum Gasteiger partial charge on any atom is -0.466 e. The highest BCUT2D eigenvalue weighted by Gasteiger charge is 2.02. The van der Waals surface area contributed by atoms with E-state index < -0.39 is 0 Å². The van der Waals surface area contributed by atoms with Gasteiger partial charge in [0, 0.05) is 19.6 Å². The standard InChI is InChI=1S/C16H32O3/c1-3-5-6-7-8-9-10-11-15-19-16(17)13-12-14-18-4-2/h3-15H2,1-2H3. The third-order valence-electron chi connectivity index (χ3n) is 3.13. The zero-order chi connectivity index (χ0) is 14.2. The molecule has 0 N–H and O–H groups in total.